The van der Waals surface area contributed by atoms with Crippen LogP contribution in [0.3, 0.4) is 0 Å². The number of aryl methyl sites for hydroxylation is 1. The highest BCUT2D eigenvalue weighted by atomic mass is 32.2. The van der Waals surface area contributed by atoms with Gasteiger partial charge in [-0.3, -0.25) is 4.98 Å². The molecule has 0 unspecified atom stereocenters. The Balaban J connectivity index is 1.87. The van der Waals surface area contributed by atoms with Crippen molar-refractivity contribution in [3.05, 3.63) is 95.8 Å². The molecule has 0 spiro atoms. The lowest BCUT2D eigenvalue weighted by atomic mass is 9.95. The van der Waals surface area contributed by atoms with E-state index in [9.17, 15) is 0 Å². The molecular weight excluding hydrogens is 346 g/mol. The lowest BCUT2D eigenvalue weighted by molar-refractivity contribution is 1.19. The molecule has 130 valence electrons. The van der Waals surface area contributed by atoms with Gasteiger partial charge in [-0.25, -0.2) is 0 Å². The second-order valence-corrected chi connectivity index (χ2v) is 7.19. The maximum atomic E-state index is 4.24. The molecule has 0 bridgehead atoms. The van der Waals surface area contributed by atoms with Crippen molar-refractivity contribution < 1.29 is 0 Å². The van der Waals surface area contributed by atoms with E-state index in [0.29, 0.717) is 0 Å². The quantitative estimate of drug-likeness (QED) is 0.304. The Kier molecular flexibility index (Phi) is 4.96. The first-order chi connectivity index (χ1) is 13.3. The summed E-state index contributed by atoms with van der Waals surface area (Å²) in [5, 5.41) is 2.42. The molecule has 0 N–H and O–H groups in total. The average Bonchev–Trinajstić information content (AvgIpc) is 2.72. The summed E-state index contributed by atoms with van der Waals surface area (Å²) in [6.07, 6.45) is 3.93. The fourth-order valence-corrected chi connectivity index (χ4v) is 3.90. The van der Waals surface area contributed by atoms with Gasteiger partial charge in [-0.2, -0.15) is 0 Å². The first-order valence-corrected chi connectivity index (χ1v) is 10.1. The van der Waals surface area contributed by atoms with Crippen molar-refractivity contribution in [1.82, 2.24) is 4.98 Å². The number of aromatic nitrogens is 1. The van der Waals surface area contributed by atoms with Gasteiger partial charge in [0.05, 0.1) is 0 Å². The highest BCUT2D eigenvalue weighted by Crippen LogP contribution is 2.35. The van der Waals surface area contributed by atoms with E-state index in [2.05, 4.69) is 83.7 Å². The molecule has 0 amide bonds. The summed E-state index contributed by atoms with van der Waals surface area (Å²) in [4.78, 5) is 5.52. The van der Waals surface area contributed by atoms with Crippen molar-refractivity contribution in [2.45, 2.75) is 11.8 Å². The predicted octanol–water partition coefficient (Wildman–Crippen LogP) is 6.33. The number of benzene rings is 3. The first kappa shape index (κ1) is 17.4. The molecule has 3 aromatic carbocycles. The smallest absolute Gasteiger partial charge is 0.0385 e. The molecular formula is C25H19NS. The lowest BCUT2D eigenvalue weighted by Gasteiger charge is -2.11. The van der Waals surface area contributed by atoms with Crippen LogP contribution in [0.1, 0.15) is 16.8 Å². The van der Waals surface area contributed by atoms with Crippen LogP contribution in [0.25, 0.3) is 21.9 Å². The van der Waals surface area contributed by atoms with Gasteiger partial charge in [-0.15, -0.1) is 11.8 Å². The monoisotopic (exact) mass is 365 g/mol. The van der Waals surface area contributed by atoms with Gasteiger partial charge in [0.1, 0.15) is 0 Å². The normalized spacial score (nSPS) is 10.4. The fourth-order valence-electron chi connectivity index (χ4n) is 3.28. The third-order valence-corrected chi connectivity index (χ3v) is 5.35. The van der Waals surface area contributed by atoms with E-state index < -0.39 is 0 Å². The van der Waals surface area contributed by atoms with Gasteiger partial charge in [0, 0.05) is 27.9 Å². The lowest BCUT2D eigenvalue weighted by Crippen LogP contribution is -1.87. The minimum atomic E-state index is 0.982. The van der Waals surface area contributed by atoms with Crippen molar-refractivity contribution in [3.8, 4) is 23.0 Å². The van der Waals surface area contributed by atoms with E-state index in [4.69, 9.17) is 0 Å². The van der Waals surface area contributed by atoms with Crippen LogP contribution >= 0.6 is 11.8 Å². The topological polar surface area (TPSA) is 12.9 Å². The summed E-state index contributed by atoms with van der Waals surface area (Å²) >= 11 is 1.78. The molecule has 2 heteroatoms. The van der Waals surface area contributed by atoms with Gasteiger partial charge >= 0.3 is 0 Å². The molecule has 1 heterocycles. The molecule has 27 heavy (non-hydrogen) atoms. The summed E-state index contributed by atoms with van der Waals surface area (Å²) < 4.78 is 0. The molecule has 1 nitrogen and oxygen atoms in total. The minimum absolute atomic E-state index is 0.982. The predicted molar refractivity (Wildman–Crippen MR) is 116 cm³/mol. The first-order valence-electron chi connectivity index (χ1n) is 8.86. The van der Waals surface area contributed by atoms with Crippen molar-refractivity contribution >= 4 is 22.5 Å². The third-order valence-electron chi connectivity index (χ3n) is 4.56. The Morgan fingerprint density at radius 1 is 0.778 bits per heavy atom. The molecule has 0 atom stereocenters. The number of pyridine rings is 1. The zero-order valence-electron chi connectivity index (χ0n) is 15.4. The van der Waals surface area contributed by atoms with Crippen molar-refractivity contribution in [3.63, 3.8) is 0 Å². The molecule has 0 saturated carbocycles. The van der Waals surface area contributed by atoms with Gasteiger partial charge in [0.2, 0.25) is 0 Å². The van der Waals surface area contributed by atoms with Crippen molar-refractivity contribution in [1.29, 1.82) is 0 Å². The van der Waals surface area contributed by atoms with Crippen LogP contribution in [-0.4, -0.2) is 11.2 Å². The summed E-state index contributed by atoms with van der Waals surface area (Å²) in [5.41, 5.74) is 5.54. The standard InChI is InChI=1S/C25H19NS/c1-18-17-19(15-16-26-18)13-14-20-7-5-10-22-21(20)9-6-11-23(22)24-8-3-4-12-25(24)27-2/h3-12,15-17H,1-2H3. The SMILES string of the molecule is CSc1ccccc1-c1cccc2c(C#Cc3ccnc(C)c3)cccc12. The maximum absolute atomic E-state index is 4.24. The summed E-state index contributed by atoms with van der Waals surface area (Å²) in [7, 11) is 0. The van der Waals surface area contributed by atoms with E-state index in [1.165, 1.54) is 26.8 Å². The average molecular weight is 366 g/mol. The Morgan fingerprint density at radius 3 is 2.41 bits per heavy atom. The van der Waals surface area contributed by atoms with Gasteiger partial charge in [-0.1, -0.05) is 60.4 Å². The van der Waals surface area contributed by atoms with Crippen LogP contribution in [0.2, 0.25) is 0 Å². The highest BCUT2D eigenvalue weighted by molar-refractivity contribution is 7.98. The number of hydrogen-bond donors (Lipinski definition) is 0. The largest absolute Gasteiger partial charge is 0.262 e. The molecule has 0 aliphatic rings. The Hall–Kier alpha value is -3.02. The zero-order chi connectivity index (χ0) is 18.6. The van der Waals surface area contributed by atoms with E-state index >= 15 is 0 Å². The van der Waals surface area contributed by atoms with E-state index in [1.54, 1.807) is 18.0 Å². The molecule has 1 aromatic heterocycles. The van der Waals surface area contributed by atoms with Crippen LogP contribution in [0, 0.1) is 18.8 Å². The number of fused-ring (bicyclic) bond motifs is 1. The number of nitrogens with zero attached hydrogens (tertiary/aromatic N) is 1. The van der Waals surface area contributed by atoms with Crippen LogP contribution in [0.15, 0.2) is 83.9 Å². The zero-order valence-corrected chi connectivity index (χ0v) is 16.2. The third kappa shape index (κ3) is 3.60. The van der Waals surface area contributed by atoms with E-state index in [0.717, 1.165) is 16.8 Å². The number of thioether (sulfide) groups is 1. The van der Waals surface area contributed by atoms with Crippen molar-refractivity contribution in [2.24, 2.45) is 0 Å². The molecule has 0 radical (unpaired) electrons. The Bertz CT molecular complexity index is 1180. The molecule has 0 aliphatic heterocycles. The molecule has 0 fully saturated rings. The van der Waals surface area contributed by atoms with Gasteiger partial charge in [0.25, 0.3) is 0 Å². The summed E-state index contributed by atoms with van der Waals surface area (Å²) in [6.45, 7) is 1.98. The second-order valence-electron chi connectivity index (χ2n) is 6.34. The molecule has 4 aromatic rings. The fraction of sp³-hybridized carbons (Fsp3) is 0.0800. The van der Waals surface area contributed by atoms with Gasteiger partial charge < -0.3 is 0 Å². The molecule has 4 rings (SSSR count). The summed E-state index contributed by atoms with van der Waals surface area (Å²) in [6, 6.07) is 25.4. The highest BCUT2D eigenvalue weighted by Gasteiger charge is 2.09. The van der Waals surface area contributed by atoms with Crippen LogP contribution < -0.4 is 0 Å². The number of hydrogen-bond acceptors (Lipinski definition) is 2. The molecule has 0 aliphatic carbocycles. The van der Waals surface area contributed by atoms with Crippen LogP contribution in [-0.2, 0) is 0 Å². The summed E-state index contributed by atoms with van der Waals surface area (Å²) in [5.74, 6) is 6.64. The van der Waals surface area contributed by atoms with Gasteiger partial charge in [0.15, 0.2) is 0 Å². The maximum Gasteiger partial charge on any atom is 0.0385 e. The van der Waals surface area contributed by atoms with Gasteiger partial charge in [-0.05, 0) is 59.3 Å². The Morgan fingerprint density at radius 2 is 1.56 bits per heavy atom. The van der Waals surface area contributed by atoms with E-state index in [-0.39, 0.29) is 0 Å². The minimum Gasteiger partial charge on any atom is -0.262 e. The second kappa shape index (κ2) is 7.70. The van der Waals surface area contributed by atoms with E-state index in [1.807, 2.05) is 19.1 Å². The van der Waals surface area contributed by atoms with Crippen LogP contribution in [0.4, 0.5) is 0 Å². The number of rotatable bonds is 2. The van der Waals surface area contributed by atoms with Crippen molar-refractivity contribution in [2.75, 3.05) is 6.26 Å². The Labute approximate surface area is 164 Å². The molecule has 0 saturated heterocycles. The van der Waals surface area contributed by atoms with Crippen LogP contribution in [0.5, 0.6) is 0 Å².